The maximum absolute atomic E-state index is 13.9. The Kier molecular flexibility index (Phi) is 4.59. The molecule has 1 aromatic rings. The van der Waals surface area contributed by atoms with Crippen LogP contribution in [0.3, 0.4) is 0 Å². The van der Waals surface area contributed by atoms with E-state index in [9.17, 15) is 4.39 Å². The summed E-state index contributed by atoms with van der Waals surface area (Å²) >= 11 is 0. The first-order valence-electron chi connectivity index (χ1n) is 6.79. The van der Waals surface area contributed by atoms with E-state index in [1.165, 1.54) is 45.3 Å². The average molecular weight is 251 g/mol. The molecule has 1 aromatic carbocycles. The molecule has 0 heterocycles. The smallest absolute Gasteiger partial charge is 0.131 e. The predicted octanol–water partition coefficient (Wildman–Crippen LogP) is 3.80. The Bertz CT molecular complexity index is 388. The summed E-state index contributed by atoms with van der Waals surface area (Å²) in [7, 11) is 1.54. The summed E-state index contributed by atoms with van der Waals surface area (Å²) in [6, 6.07) is 4.75. The molecule has 2 N–H and O–H groups in total. The van der Waals surface area contributed by atoms with Gasteiger partial charge < -0.3 is 10.5 Å². The van der Waals surface area contributed by atoms with E-state index in [-0.39, 0.29) is 11.9 Å². The average Bonchev–Trinajstić information content (AvgIpc) is 2.39. The van der Waals surface area contributed by atoms with Crippen LogP contribution in [0.1, 0.15) is 50.1 Å². The first kappa shape index (κ1) is 13.3. The largest absolute Gasteiger partial charge is 0.497 e. The fraction of sp³-hybridized carbons (Fsp3) is 0.600. The molecule has 0 saturated heterocycles. The van der Waals surface area contributed by atoms with Crippen LogP contribution in [0, 0.1) is 11.7 Å². The van der Waals surface area contributed by atoms with Crippen LogP contribution >= 0.6 is 0 Å². The SMILES string of the molecule is COc1ccc(C(N)CC2CCCCC2)c(F)c1. The molecule has 1 atom stereocenters. The second-order valence-corrected chi connectivity index (χ2v) is 5.23. The molecule has 0 aromatic heterocycles. The van der Waals surface area contributed by atoms with Crippen molar-refractivity contribution in [1.82, 2.24) is 0 Å². The van der Waals surface area contributed by atoms with Gasteiger partial charge in [0.2, 0.25) is 0 Å². The Labute approximate surface area is 108 Å². The van der Waals surface area contributed by atoms with Gasteiger partial charge in [0.05, 0.1) is 7.11 Å². The van der Waals surface area contributed by atoms with Crippen molar-refractivity contribution >= 4 is 0 Å². The molecule has 1 saturated carbocycles. The number of halogens is 1. The van der Waals surface area contributed by atoms with E-state index >= 15 is 0 Å². The molecule has 0 radical (unpaired) electrons. The topological polar surface area (TPSA) is 35.2 Å². The lowest BCUT2D eigenvalue weighted by molar-refractivity contribution is 0.316. The highest BCUT2D eigenvalue weighted by atomic mass is 19.1. The molecule has 0 bridgehead atoms. The Morgan fingerprint density at radius 1 is 1.33 bits per heavy atom. The molecule has 0 spiro atoms. The Morgan fingerprint density at radius 2 is 2.06 bits per heavy atom. The monoisotopic (exact) mass is 251 g/mol. The third-order valence-electron chi connectivity index (χ3n) is 3.92. The van der Waals surface area contributed by atoms with Gasteiger partial charge in [-0.3, -0.25) is 0 Å². The van der Waals surface area contributed by atoms with Gasteiger partial charge in [-0.15, -0.1) is 0 Å². The van der Waals surface area contributed by atoms with Gasteiger partial charge in [0.15, 0.2) is 0 Å². The number of ether oxygens (including phenoxy) is 1. The Hall–Kier alpha value is -1.09. The second kappa shape index (κ2) is 6.19. The van der Waals surface area contributed by atoms with Gasteiger partial charge in [-0.1, -0.05) is 38.2 Å². The zero-order valence-corrected chi connectivity index (χ0v) is 11.0. The molecule has 0 amide bonds. The summed E-state index contributed by atoms with van der Waals surface area (Å²) in [4.78, 5) is 0. The third-order valence-corrected chi connectivity index (χ3v) is 3.92. The van der Waals surface area contributed by atoms with Crippen LogP contribution in [0.15, 0.2) is 18.2 Å². The van der Waals surface area contributed by atoms with E-state index in [0.29, 0.717) is 17.2 Å². The molecule has 1 aliphatic rings. The molecule has 100 valence electrons. The van der Waals surface area contributed by atoms with Crippen molar-refractivity contribution in [2.45, 2.75) is 44.6 Å². The molecule has 3 heteroatoms. The minimum Gasteiger partial charge on any atom is -0.497 e. The third kappa shape index (κ3) is 3.22. The van der Waals surface area contributed by atoms with Crippen LogP contribution in [-0.2, 0) is 0 Å². The highest BCUT2D eigenvalue weighted by Gasteiger charge is 2.19. The lowest BCUT2D eigenvalue weighted by atomic mass is 9.83. The summed E-state index contributed by atoms with van der Waals surface area (Å²) in [5.74, 6) is 0.953. The normalized spacial score (nSPS) is 18.6. The number of methoxy groups -OCH3 is 1. The van der Waals surface area contributed by atoms with Crippen molar-refractivity contribution in [2.75, 3.05) is 7.11 Å². The minimum absolute atomic E-state index is 0.195. The maximum atomic E-state index is 13.9. The summed E-state index contributed by atoms with van der Waals surface area (Å²) in [5, 5.41) is 0. The standard InChI is InChI=1S/C15H22FNO/c1-18-12-7-8-13(14(16)10-12)15(17)9-11-5-3-2-4-6-11/h7-8,10-11,15H,2-6,9,17H2,1H3. The molecular weight excluding hydrogens is 229 g/mol. The van der Waals surface area contributed by atoms with Gasteiger partial charge in [-0.2, -0.15) is 0 Å². The molecule has 0 aliphatic heterocycles. The highest BCUT2D eigenvalue weighted by molar-refractivity contribution is 5.30. The van der Waals surface area contributed by atoms with E-state index in [2.05, 4.69) is 0 Å². The van der Waals surface area contributed by atoms with E-state index in [1.54, 1.807) is 12.1 Å². The van der Waals surface area contributed by atoms with Crippen molar-refractivity contribution in [3.8, 4) is 5.75 Å². The molecule has 18 heavy (non-hydrogen) atoms. The van der Waals surface area contributed by atoms with Gasteiger partial charge >= 0.3 is 0 Å². The lowest BCUT2D eigenvalue weighted by Crippen LogP contribution is -2.18. The first-order valence-corrected chi connectivity index (χ1v) is 6.79. The molecule has 1 fully saturated rings. The van der Waals surface area contributed by atoms with Gasteiger partial charge in [-0.05, 0) is 18.4 Å². The quantitative estimate of drug-likeness (QED) is 0.883. The summed E-state index contributed by atoms with van der Waals surface area (Å²) in [6.45, 7) is 0. The molecule has 2 nitrogen and oxygen atoms in total. The Balaban J connectivity index is 2.01. The first-order chi connectivity index (χ1) is 8.70. The number of nitrogens with two attached hydrogens (primary N) is 1. The minimum atomic E-state index is -0.252. The van der Waals surface area contributed by atoms with Gasteiger partial charge in [0, 0.05) is 17.7 Å². The zero-order valence-electron chi connectivity index (χ0n) is 11.0. The van der Waals surface area contributed by atoms with Crippen LogP contribution in [0.2, 0.25) is 0 Å². The van der Waals surface area contributed by atoms with Crippen LogP contribution in [0.4, 0.5) is 4.39 Å². The van der Waals surface area contributed by atoms with Crippen molar-refractivity contribution in [3.63, 3.8) is 0 Å². The summed E-state index contributed by atoms with van der Waals surface area (Å²) in [5.41, 5.74) is 6.75. The number of hydrogen-bond donors (Lipinski definition) is 1. The highest BCUT2D eigenvalue weighted by Crippen LogP contribution is 2.32. The van der Waals surface area contributed by atoms with Gasteiger partial charge in [-0.25, -0.2) is 4.39 Å². The van der Waals surface area contributed by atoms with Crippen molar-refractivity contribution in [3.05, 3.63) is 29.6 Å². The van der Waals surface area contributed by atoms with Crippen LogP contribution < -0.4 is 10.5 Å². The van der Waals surface area contributed by atoms with Crippen molar-refractivity contribution in [2.24, 2.45) is 11.7 Å². The molecule has 2 rings (SSSR count). The molecular formula is C15H22FNO. The second-order valence-electron chi connectivity index (χ2n) is 5.23. The zero-order chi connectivity index (χ0) is 13.0. The number of rotatable bonds is 4. The van der Waals surface area contributed by atoms with E-state index in [4.69, 9.17) is 10.5 Å². The van der Waals surface area contributed by atoms with Crippen molar-refractivity contribution in [1.29, 1.82) is 0 Å². The molecule has 1 unspecified atom stereocenters. The summed E-state index contributed by atoms with van der Waals surface area (Å²) in [6.07, 6.45) is 7.30. The maximum Gasteiger partial charge on any atom is 0.131 e. The van der Waals surface area contributed by atoms with Crippen molar-refractivity contribution < 1.29 is 9.13 Å². The van der Waals surface area contributed by atoms with Crippen LogP contribution in [-0.4, -0.2) is 7.11 Å². The number of hydrogen-bond acceptors (Lipinski definition) is 2. The van der Waals surface area contributed by atoms with Crippen LogP contribution in [0.25, 0.3) is 0 Å². The van der Waals surface area contributed by atoms with E-state index in [1.807, 2.05) is 0 Å². The van der Waals surface area contributed by atoms with E-state index < -0.39 is 0 Å². The van der Waals surface area contributed by atoms with Crippen LogP contribution in [0.5, 0.6) is 5.75 Å². The lowest BCUT2D eigenvalue weighted by Gasteiger charge is -2.25. The molecule has 1 aliphatic carbocycles. The summed E-state index contributed by atoms with van der Waals surface area (Å²) < 4.78 is 18.9. The predicted molar refractivity (Wildman–Crippen MR) is 71.1 cm³/mol. The van der Waals surface area contributed by atoms with Gasteiger partial charge in [0.1, 0.15) is 11.6 Å². The van der Waals surface area contributed by atoms with E-state index in [0.717, 1.165) is 6.42 Å². The fourth-order valence-corrected chi connectivity index (χ4v) is 2.84. The fourth-order valence-electron chi connectivity index (χ4n) is 2.84. The number of benzene rings is 1. The Morgan fingerprint density at radius 3 is 2.67 bits per heavy atom. The van der Waals surface area contributed by atoms with Gasteiger partial charge in [0.25, 0.3) is 0 Å².